The van der Waals surface area contributed by atoms with Crippen molar-refractivity contribution >= 4 is 35.2 Å². The molecule has 7 heteroatoms. The van der Waals surface area contributed by atoms with Crippen molar-refractivity contribution in [3.05, 3.63) is 60.2 Å². The number of benzene rings is 2. The van der Waals surface area contributed by atoms with Crippen LogP contribution in [0.1, 0.15) is 16.8 Å². The van der Waals surface area contributed by atoms with Gasteiger partial charge >= 0.3 is 0 Å². The van der Waals surface area contributed by atoms with E-state index in [0.29, 0.717) is 31.7 Å². The number of anilines is 1. The maximum absolute atomic E-state index is 12.7. The summed E-state index contributed by atoms with van der Waals surface area (Å²) in [5.74, 6) is -0.180. The van der Waals surface area contributed by atoms with Crippen LogP contribution in [0.2, 0.25) is 0 Å². The van der Waals surface area contributed by atoms with Crippen molar-refractivity contribution in [2.45, 2.75) is 16.6 Å². The predicted molar refractivity (Wildman–Crippen MR) is 108 cm³/mol. The van der Waals surface area contributed by atoms with E-state index in [0.717, 1.165) is 10.6 Å². The molecule has 6 nitrogen and oxygen atoms in total. The fourth-order valence-corrected chi connectivity index (χ4v) is 4.54. The number of thioether (sulfide) groups is 1. The molecule has 144 valence electrons. The smallest absolute Gasteiger partial charge is 0.253 e. The first-order valence-electron chi connectivity index (χ1n) is 9.30. The van der Waals surface area contributed by atoms with E-state index in [1.807, 2.05) is 42.5 Å². The Balaban J connectivity index is 1.32. The predicted octanol–water partition coefficient (Wildman–Crippen LogP) is 2.47. The highest BCUT2D eigenvalue weighted by molar-refractivity contribution is 8.01. The Morgan fingerprint density at radius 2 is 1.57 bits per heavy atom. The molecule has 28 heavy (non-hydrogen) atoms. The summed E-state index contributed by atoms with van der Waals surface area (Å²) in [5, 5.41) is 2.45. The number of hydrogen-bond acceptors (Lipinski definition) is 4. The number of carbonyl (C=O) groups is 3. The molecule has 0 saturated carbocycles. The van der Waals surface area contributed by atoms with Crippen LogP contribution in [0.5, 0.6) is 0 Å². The molecule has 1 unspecified atom stereocenters. The van der Waals surface area contributed by atoms with Crippen LogP contribution in [-0.2, 0) is 9.59 Å². The van der Waals surface area contributed by atoms with Crippen LogP contribution in [-0.4, -0.2) is 59.0 Å². The van der Waals surface area contributed by atoms with Gasteiger partial charge in [0.1, 0.15) is 0 Å². The first-order valence-corrected chi connectivity index (χ1v) is 10.2. The summed E-state index contributed by atoms with van der Waals surface area (Å²) in [5.41, 5.74) is 1.46. The van der Waals surface area contributed by atoms with Gasteiger partial charge in [0.25, 0.3) is 5.91 Å². The number of fused-ring (bicyclic) bond motifs is 1. The third kappa shape index (κ3) is 3.89. The summed E-state index contributed by atoms with van der Waals surface area (Å²) >= 11 is 1.44. The average molecular weight is 395 g/mol. The van der Waals surface area contributed by atoms with Crippen molar-refractivity contribution in [3.63, 3.8) is 0 Å². The maximum atomic E-state index is 12.7. The molecule has 0 spiro atoms. The molecule has 0 aromatic heterocycles. The zero-order chi connectivity index (χ0) is 19.5. The molecule has 2 aliphatic rings. The number of nitrogens with one attached hydrogen (secondary N) is 1. The minimum atomic E-state index is -0.425. The number of piperazine rings is 1. The fourth-order valence-electron chi connectivity index (χ4n) is 3.44. The molecule has 2 aliphatic heterocycles. The number of rotatable bonds is 3. The number of para-hydroxylation sites is 1. The first-order chi connectivity index (χ1) is 13.6. The molecule has 3 amide bonds. The normalized spacial score (nSPS) is 19.0. The van der Waals surface area contributed by atoms with Gasteiger partial charge in [-0.25, -0.2) is 0 Å². The van der Waals surface area contributed by atoms with Gasteiger partial charge in [0.2, 0.25) is 11.8 Å². The van der Waals surface area contributed by atoms with E-state index in [4.69, 9.17) is 0 Å². The molecule has 0 radical (unpaired) electrons. The molecule has 2 heterocycles. The number of amides is 3. The van der Waals surface area contributed by atoms with E-state index >= 15 is 0 Å². The van der Waals surface area contributed by atoms with E-state index < -0.39 is 5.25 Å². The first kappa shape index (κ1) is 18.6. The van der Waals surface area contributed by atoms with Gasteiger partial charge in [0, 0.05) is 43.1 Å². The van der Waals surface area contributed by atoms with E-state index in [1.54, 1.807) is 21.9 Å². The lowest BCUT2D eigenvalue weighted by Gasteiger charge is -2.35. The second-order valence-electron chi connectivity index (χ2n) is 6.84. The lowest BCUT2D eigenvalue weighted by Crippen LogP contribution is -2.51. The summed E-state index contributed by atoms with van der Waals surface area (Å²) in [6.07, 6.45) is 0.164. The average Bonchev–Trinajstić information content (AvgIpc) is 2.74. The molecule has 1 saturated heterocycles. The highest BCUT2D eigenvalue weighted by Gasteiger charge is 2.32. The van der Waals surface area contributed by atoms with Gasteiger partial charge in [-0.1, -0.05) is 30.3 Å². The topological polar surface area (TPSA) is 69.7 Å². The van der Waals surface area contributed by atoms with Gasteiger partial charge in [-0.15, -0.1) is 11.8 Å². The standard InChI is InChI=1S/C21H21N3O3S/c25-19(14-18-20(26)22-16-8-4-5-9-17(16)28-18)23-10-12-24(13-11-23)21(27)15-6-2-1-3-7-15/h1-9,18H,10-14H2,(H,22,26). The van der Waals surface area contributed by atoms with Gasteiger partial charge in [-0.05, 0) is 24.3 Å². The summed E-state index contributed by atoms with van der Waals surface area (Å²) in [7, 11) is 0. The third-order valence-corrected chi connectivity index (χ3v) is 6.28. The summed E-state index contributed by atoms with van der Waals surface area (Å²) in [6.45, 7) is 2.00. The zero-order valence-electron chi connectivity index (χ0n) is 15.3. The number of hydrogen-bond donors (Lipinski definition) is 1. The lowest BCUT2D eigenvalue weighted by atomic mass is 10.1. The Morgan fingerprint density at radius 1 is 0.929 bits per heavy atom. The fraction of sp³-hybridized carbons (Fsp3) is 0.286. The largest absolute Gasteiger partial charge is 0.339 e. The van der Waals surface area contributed by atoms with Crippen LogP contribution in [0.15, 0.2) is 59.5 Å². The second kappa shape index (κ2) is 8.06. The van der Waals surface area contributed by atoms with Crippen LogP contribution in [0.3, 0.4) is 0 Å². The van der Waals surface area contributed by atoms with Gasteiger partial charge in [-0.3, -0.25) is 14.4 Å². The summed E-state index contributed by atoms with van der Waals surface area (Å²) < 4.78 is 0. The maximum Gasteiger partial charge on any atom is 0.253 e. The van der Waals surface area contributed by atoms with Gasteiger partial charge in [0.05, 0.1) is 10.9 Å². The molecular weight excluding hydrogens is 374 g/mol. The number of carbonyl (C=O) groups excluding carboxylic acids is 3. The quantitative estimate of drug-likeness (QED) is 0.867. The summed E-state index contributed by atoms with van der Waals surface area (Å²) in [6, 6.07) is 16.8. The van der Waals surface area contributed by atoms with Crippen LogP contribution in [0.4, 0.5) is 5.69 Å². The minimum Gasteiger partial charge on any atom is -0.339 e. The minimum absolute atomic E-state index is 0.00785. The molecule has 1 N–H and O–H groups in total. The zero-order valence-corrected chi connectivity index (χ0v) is 16.2. The van der Waals surface area contributed by atoms with Crippen molar-refractivity contribution in [2.75, 3.05) is 31.5 Å². The van der Waals surface area contributed by atoms with Gasteiger partial charge in [-0.2, -0.15) is 0 Å². The van der Waals surface area contributed by atoms with E-state index in [1.165, 1.54) is 11.8 Å². The number of nitrogens with zero attached hydrogens (tertiary/aromatic N) is 2. The highest BCUT2D eigenvalue weighted by Crippen LogP contribution is 2.36. The highest BCUT2D eigenvalue weighted by atomic mass is 32.2. The Hall–Kier alpha value is -2.80. The van der Waals surface area contributed by atoms with Crippen molar-refractivity contribution in [1.29, 1.82) is 0 Å². The van der Waals surface area contributed by atoms with Gasteiger partial charge < -0.3 is 15.1 Å². The Kier molecular flexibility index (Phi) is 5.34. The second-order valence-corrected chi connectivity index (χ2v) is 8.08. The molecule has 2 aromatic carbocycles. The SMILES string of the molecule is O=C1Nc2ccccc2SC1CC(=O)N1CCN(C(=O)c2ccccc2)CC1. The third-order valence-electron chi connectivity index (χ3n) is 5.01. The Bertz CT molecular complexity index is 895. The van der Waals surface area contributed by atoms with Crippen molar-refractivity contribution in [1.82, 2.24) is 9.80 Å². The molecule has 2 aromatic rings. The molecule has 1 atom stereocenters. The van der Waals surface area contributed by atoms with Crippen LogP contribution in [0, 0.1) is 0 Å². The van der Waals surface area contributed by atoms with Gasteiger partial charge in [0.15, 0.2) is 0 Å². The molecular formula is C21H21N3O3S. The Morgan fingerprint density at radius 3 is 2.32 bits per heavy atom. The Labute approximate surface area is 167 Å². The van der Waals surface area contributed by atoms with Crippen molar-refractivity contribution in [3.8, 4) is 0 Å². The van der Waals surface area contributed by atoms with Crippen LogP contribution >= 0.6 is 11.8 Å². The van der Waals surface area contributed by atoms with E-state index in [2.05, 4.69) is 5.32 Å². The monoisotopic (exact) mass is 395 g/mol. The van der Waals surface area contributed by atoms with Crippen LogP contribution in [0.25, 0.3) is 0 Å². The molecule has 0 bridgehead atoms. The molecule has 4 rings (SSSR count). The van der Waals surface area contributed by atoms with Crippen molar-refractivity contribution in [2.24, 2.45) is 0 Å². The molecule has 1 fully saturated rings. The lowest BCUT2D eigenvalue weighted by molar-refractivity contribution is -0.134. The van der Waals surface area contributed by atoms with Crippen LogP contribution < -0.4 is 5.32 Å². The van der Waals surface area contributed by atoms with E-state index in [-0.39, 0.29) is 24.1 Å². The van der Waals surface area contributed by atoms with Crippen molar-refractivity contribution < 1.29 is 14.4 Å². The summed E-state index contributed by atoms with van der Waals surface area (Å²) in [4.78, 5) is 42.0. The molecule has 0 aliphatic carbocycles. The van der Waals surface area contributed by atoms with E-state index in [9.17, 15) is 14.4 Å².